The molecule has 0 aliphatic rings. The third kappa shape index (κ3) is 2.23. The van der Waals surface area contributed by atoms with Crippen LogP contribution < -0.4 is 0 Å². The SMILES string of the molecule is Clc1cncc(Sc2ncc[nH]2)c1. The quantitative estimate of drug-likeness (QED) is 0.830. The van der Waals surface area contributed by atoms with Crippen LogP contribution in [-0.4, -0.2) is 15.0 Å². The van der Waals surface area contributed by atoms with Gasteiger partial charge in [-0.25, -0.2) is 4.98 Å². The number of nitrogens with zero attached hydrogens (tertiary/aromatic N) is 2. The Labute approximate surface area is 84.6 Å². The van der Waals surface area contributed by atoms with E-state index in [1.165, 1.54) is 11.8 Å². The molecule has 0 fully saturated rings. The molecule has 0 radical (unpaired) electrons. The maximum atomic E-state index is 5.78. The highest BCUT2D eigenvalue weighted by molar-refractivity contribution is 7.99. The number of hydrogen-bond donors (Lipinski definition) is 1. The van der Waals surface area contributed by atoms with Gasteiger partial charge in [0, 0.05) is 29.7 Å². The van der Waals surface area contributed by atoms with Crippen molar-refractivity contribution < 1.29 is 0 Å². The van der Waals surface area contributed by atoms with E-state index in [-0.39, 0.29) is 0 Å². The summed E-state index contributed by atoms with van der Waals surface area (Å²) in [6.45, 7) is 0. The number of H-pyrrole nitrogens is 1. The number of nitrogens with one attached hydrogen (secondary N) is 1. The second-order valence-corrected chi connectivity index (χ2v) is 3.83. The Morgan fingerprint density at radius 3 is 3.00 bits per heavy atom. The fourth-order valence-electron chi connectivity index (χ4n) is 0.866. The average Bonchev–Trinajstić information content (AvgIpc) is 2.57. The summed E-state index contributed by atoms with van der Waals surface area (Å²) in [6, 6.07) is 1.85. The van der Waals surface area contributed by atoms with Crippen LogP contribution in [-0.2, 0) is 0 Å². The molecular weight excluding hydrogens is 206 g/mol. The second-order valence-electron chi connectivity index (χ2n) is 2.34. The van der Waals surface area contributed by atoms with Crippen molar-refractivity contribution in [1.29, 1.82) is 0 Å². The lowest BCUT2D eigenvalue weighted by Crippen LogP contribution is -1.77. The number of aromatic nitrogens is 3. The maximum absolute atomic E-state index is 5.78. The first-order valence-electron chi connectivity index (χ1n) is 3.62. The third-order valence-electron chi connectivity index (χ3n) is 1.37. The fraction of sp³-hybridized carbons (Fsp3) is 0. The molecule has 2 heterocycles. The van der Waals surface area contributed by atoms with Gasteiger partial charge in [0.25, 0.3) is 0 Å². The van der Waals surface area contributed by atoms with Crippen molar-refractivity contribution in [2.45, 2.75) is 10.1 Å². The van der Waals surface area contributed by atoms with Crippen LogP contribution in [0.1, 0.15) is 0 Å². The van der Waals surface area contributed by atoms with Crippen LogP contribution >= 0.6 is 23.4 Å². The summed E-state index contributed by atoms with van der Waals surface area (Å²) in [5.74, 6) is 0. The van der Waals surface area contributed by atoms with E-state index in [1.807, 2.05) is 6.07 Å². The van der Waals surface area contributed by atoms with Crippen LogP contribution in [0.15, 0.2) is 40.9 Å². The topological polar surface area (TPSA) is 41.6 Å². The molecule has 13 heavy (non-hydrogen) atoms. The molecule has 0 aliphatic carbocycles. The van der Waals surface area contributed by atoms with Crippen molar-refractivity contribution >= 4 is 23.4 Å². The lowest BCUT2D eigenvalue weighted by Gasteiger charge is -1.96. The molecule has 0 unspecified atom stereocenters. The normalized spacial score (nSPS) is 10.2. The number of rotatable bonds is 2. The molecule has 0 atom stereocenters. The Kier molecular flexibility index (Phi) is 2.52. The van der Waals surface area contributed by atoms with Crippen LogP contribution in [0.5, 0.6) is 0 Å². The molecule has 2 rings (SSSR count). The summed E-state index contributed by atoms with van der Waals surface area (Å²) in [5.41, 5.74) is 0. The Morgan fingerprint density at radius 2 is 2.31 bits per heavy atom. The van der Waals surface area contributed by atoms with E-state index in [4.69, 9.17) is 11.6 Å². The van der Waals surface area contributed by atoms with Crippen molar-refractivity contribution in [3.05, 3.63) is 35.9 Å². The molecular formula is C8H6ClN3S. The standard InChI is InChI=1S/C8H6ClN3S/c9-6-3-7(5-10-4-6)13-8-11-1-2-12-8/h1-5H,(H,11,12). The third-order valence-corrected chi connectivity index (χ3v) is 2.45. The van der Waals surface area contributed by atoms with Gasteiger partial charge in [-0.05, 0) is 6.07 Å². The largest absolute Gasteiger partial charge is 0.339 e. The van der Waals surface area contributed by atoms with Gasteiger partial charge in [0.1, 0.15) is 0 Å². The van der Waals surface area contributed by atoms with E-state index in [9.17, 15) is 0 Å². The monoisotopic (exact) mass is 211 g/mol. The lowest BCUT2D eigenvalue weighted by molar-refractivity contribution is 1.05. The summed E-state index contributed by atoms with van der Waals surface area (Å²) >= 11 is 7.27. The van der Waals surface area contributed by atoms with Crippen LogP contribution in [0.25, 0.3) is 0 Å². The molecule has 66 valence electrons. The van der Waals surface area contributed by atoms with E-state index in [0.717, 1.165) is 10.1 Å². The van der Waals surface area contributed by atoms with Gasteiger partial charge in [0.15, 0.2) is 5.16 Å². The Bertz CT molecular complexity index is 388. The van der Waals surface area contributed by atoms with Crippen LogP contribution in [0.4, 0.5) is 0 Å². The number of imidazole rings is 1. The van der Waals surface area contributed by atoms with Gasteiger partial charge in [0.2, 0.25) is 0 Å². The predicted molar refractivity (Wildman–Crippen MR) is 52.0 cm³/mol. The molecule has 0 bridgehead atoms. The maximum Gasteiger partial charge on any atom is 0.170 e. The Hall–Kier alpha value is -1.00. The smallest absolute Gasteiger partial charge is 0.170 e. The zero-order valence-electron chi connectivity index (χ0n) is 6.57. The summed E-state index contributed by atoms with van der Waals surface area (Å²) in [4.78, 5) is 12.0. The first-order chi connectivity index (χ1) is 6.34. The van der Waals surface area contributed by atoms with Crippen LogP contribution in [0.2, 0.25) is 5.02 Å². The summed E-state index contributed by atoms with van der Waals surface area (Å²) in [6.07, 6.45) is 6.84. The molecule has 0 spiro atoms. The molecule has 0 aliphatic heterocycles. The zero-order valence-corrected chi connectivity index (χ0v) is 8.14. The second kappa shape index (κ2) is 3.81. The van der Waals surface area contributed by atoms with Gasteiger partial charge in [-0.15, -0.1) is 0 Å². The molecule has 2 aromatic rings. The fourth-order valence-corrected chi connectivity index (χ4v) is 1.87. The van der Waals surface area contributed by atoms with E-state index in [1.54, 1.807) is 24.8 Å². The van der Waals surface area contributed by atoms with Crippen molar-refractivity contribution in [2.75, 3.05) is 0 Å². The van der Waals surface area contributed by atoms with Crippen molar-refractivity contribution in [2.24, 2.45) is 0 Å². The van der Waals surface area contributed by atoms with Crippen molar-refractivity contribution in [1.82, 2.24) is 15.0 Å². The lowest BCUT2D eigenvalue weighted by atomic mass is 10.5. The van der Waals surface area contributed by atoms with Gasteiger partial charge in [-0.3, -0.25) is 4.98 Å². The minimum absolute atomic E-state index is 0.636. The number of hydrogen-bond acceptors (Lipinski definition) is 3. The Balaban J connectivity index is 2.19. The molecule has 0 saturated heterocycles. The molecule has 5 heteroatoms. The minimum Gasteiger partial charge on any atom is -0.339 e. The van der Waals surface area contributed by atoms with E-state index < -0.39 is 0 Å². The van der Waals surface area contributed by atoms with Gasteiger partial charge in [-0.2, -0.15) is 0 Å². The van der Waals surface area contributed by atoms with Crippen LogP contribution in [0.3, 0.4) is 0 Å². The van der Waals surface area contributed by atoms with Gasteiger partial charge >= 0.3 is 0 Å². The first kappa shape index (κ1) is 8.59. The molecule has 1 N–H and O–H groups in total. The van der Waals surface area contributed by atoms with E-state index in [2.05, 4.69) is 15.0 Å². The number of aromatic amines is 1. The molecule has 3 nitrogen and oxygen atoms in total. The van der Waals surface area contributed by atoms with E-state index in [0.29, 0.717) is 5.02 Å². The van der Waals surface area contributed by atoms with Gasteiger partial charge in [0.05, 0.1) is 5.02 Å². The summed E-state index contributed by atoms with van der Waals surface area (Å²) < 4.78 is 0. The van der Waals surface area contributed by atoms with E-state index >= 15 is 0 Å². The highest BCUT2D eigenvalue weighted by Gasteiger charge is 1.99. The number of pyridine rings is 1. The highest BCUT2D eigenvalue weighted by Crippen LogP contribution is 2.25. The Morgan fingerprint density at radius 1 is 1.38 bits per heavy atom. The highest BCUT2D eigenvalue weighted by atomic mass is 35.5. The van der Waals surface area contributed by atoms with Crippen LogP contribution in [0, 0.1) is 0 Å². The zero-order chi connectivity index (χ0) is 9.10. The van der Waals surface area contributed by atoms with Crippen molar-refractivity contribution in [3.8, 4) is 0 Å². The number of halogens is 1. The molecule has 2 aromatic heterocycles. The minimum atomic E-state index is 0.636. The van der Waals surface area contributed by atoms with Gasteiger partial charge in [-0.1, -0.05) is 23.4 Å². The summed E-state index contributed by atoms with van der Waals surface area (Å²) in [5, 5.41) is 1.47. The van der Waals surface area contributed by atoms with Crippen molar-refractivity contribution in [3.63, 3.8) is 0 Å². The average molecular weight is 212 g/mol. The summed E-state index contributed by atoms with van der Waals surface area (Å²) in [7, 11) is 0. The molecule has 0 amide bonds. The molecule has 0 saturated carbocycles. The first-order valence-corrected chi connectivity index (χ1v) is 4.82. The predicted octanol–water partition coefficient (Wildman–Crippen LogP) is 2.61. The molecule has 0 aromatic carbocycles. The van der Waals surface area contributed by atoms with Gasteiger partial charge < -0.3 is 4.98 Å².